The first-order valence-corrected chi connectivity index (χ1v) is 9.30. The Morgan fingerprint density at radius 1 is 1.22 bits per heavy atom. The summed E-state index contributed by atoms with van der Waals surface area (Å²) in [6, 6.07) is 11.1. The first kappa shape index (κ1) is 16.5. The van der Waals surface area contributed by atoms with Crippen LogP contribution in [0.4, 0.5) is 0 Å². The van der Waals surface area contributed by atoms with Crippen LogP contribution in [0.15, 0.2) is 56.7 Å². The Morgan fingerprint density at radius 3 is 2.52 bits per heavy atom. The largest absolute Gasteiger partial charge is 0.456 e. The summed E-state index contributed by atoms with van der Waals surface area (Å²) in [6.07, 6.45) is 1.39. The quantitative estimate of drug-likeness (QED) is 0.805. The SMILES string of the molecule is CC1(O)Oc2c(Br)cc(Cl)cc2C=C1S(=O)(=O)c1ccccc1. The van der Waals surface area contributed by atoms with Gasteiger partial charge >= 0.3 is 0 Å². The van der Waals surface area contributed by atoms with E-state index in [0.29, 0.717) is 20.8 Å². The predicted molar refractivity (Wildman–Crippen MR) is 92.0 cm³/mol. The summed E-state index contributed by atoms with van der Waals surface area (Å²) in [6.45, 7) is 1.29. The number of aliphatic hydroxyl groups is 1. The lowest BCUT2D eigenvalue weighted by molar-refractivity contribution is -0.0835. The van der Waals surface area contributed by atoms with Crippen LogP contribution in [-0.2, 0) is 9.84 Å². The average Bonchev–Trinajstić information content (AvgIpc) is 2.48. The fourth-order valence-electron chi connectivity index (χ4n) is 2.37. The Balaban J connectivity index is 2.23. The second-order valence-corrected chi connectivity index (χ2v) is 8.42. The summed E-state index contributed by atoms with van der Waals surface area (Å²) >= 11 is 9.31. The summed E-state index contributed by atoms with van der Waals surface area (Å²) in [5.41, 5.74) is 0.477. The molecule has 7 heteroatoms. The lowest BCUT2D eigenvalue weighted by atomic mass is 10.1. The van der Waals surface area contributed by atoms with Crippen LogP contribution in [0.1, 0.15) is 12.5 Å². The summed E-state index contributed by atoms with van der Waals surface area (Å²) in [4.78, 5) is -0.155. The number of halogens is 2. The van der Waals surface area contributed by atoms with E-state index in [1.54, 1.807) is 30.3 Å². The van der Waals surface area contributed by atoms with E-state index in [-0.39, 0.29) is 9.80 Å². The molecule has 0 fully saturated rings. The Bertz CT molecular complexity index is 905. The Kier molecular flexibility index (Phi) is 4.04. The molecular weight excluding hydrogens is 404 g/mol. The molecule has 1 aliphatic rings. The molecule has 2 aromatic rings. The molecule has 0 spiro atoms. The van der Waals surface area contributed by atoms with Crippen molar-refractivity contribution >= 4 is 43.4 Å². The number of ether oxygens (including phenoxy) is 1. The van der Waals surface area contributed by atoms with E-state index in [2.05, 4.69) is 15.9 Å². The zero-order chi connectivity index (χ0) is 16.8. The first-order valence-electron chi connectivity index (χ1n) is 6.64. The van der Waals surface area contributed by atoms with Crippen molar-refractivity contribution in [2.45, 2.75) is 17.6 Å². The highest BCUT2D eigenvalue weighted by Crippen LogP contribution is 2.43. The summed E-state index contributed by atoms with van der Waals surface area (Å²) in [5.74, 6) is -1.65. The molecule has 4 nitrogen and oxygen atoms in total. The van der Waals surface area contributed by atoms with Gasteiger partial charge in [-0.05, 0) is 46.3 Å². The number of hydrogen-bond donors (Lipinski definition) is 1. The normalized spacial score (nSPS) is 20.4. The van der Waals surface area contributed by atoms with Gasteiger partial charge in [0.15, 0.2) is 0 Å². The topological polar surface area (TPSA) is 63.6 Å². The minimum Gasteiger partial charge on any atom is -0.456 e. The second kappa shape index (κ2) is 5.63. The molecule has 0 saturated carbocycles. The molecule has 1 aliphatic heterocycles. The number of fused-ring (bicyclic) bond motifs is 1. The van der Waals surface area contributed by atoms with E-state index in [1.807, 2.05) is 0 Å². The van der Waals surface area contributed by atoms with Crippen molar-refractivity contribution in [3.8, 4) is 5.75 Å². The molecule has 23 heavy (non-hydrogen) atoms. The molecule has 3 rings (SSSR count). The van der Waals surface area contributed by atoms with E-state index in [9.17, 15) is 13.5 Å². The maximum atomic E-state index is 12.8. The van der Waals surface area contributed by atoms with Crippen molar-refractivity contribution in [1.29, 1.82) is 0 Å². The molecule has 1 heterocycles. The van der Waals surface area contributed by atoms with E-state index < -0.39 is 15.6 Å². The second-order valence-electron chi connectivity index (χ2n) is 5.22. The zero-order valence-electron chi connectivity index (χ0n) is 12.0. The van der Waals surface area contributed by atoms with E-state index in [4.69, 9.17) is 16.3 Å². The van der Waals surface area contributed by atoms with Gasteiger partial charge in [0.1, 0.15) is 10.7 Å². The Labute approximate surface area is 147 Å². The maximum Gasteiger partial charge on any atom is 0.243 e. The van der Waals surface area contributed by atoms with Gasteiger partial charge in [0, 0.05) is 17.5 Å². The summed E-state index contributed by atoms with van der Waals surface area (Å²) in [7, 11) is -3.91. The number of hydrogen-bond acceptors (Lipinski definition) is 4. The summed E-state index contributed by atoms with van der Waals surface area (Å²) in [5, 5.41) is 11.0. The van der Waals surface area contributed by atoms with E-state index in [0.717, 1.165) is 0 Å². The van der Waals surface area contributed by atoms with Crippen molar-refractivity contribution in [3.05, 3.63) is 62.4 Å². The minimum atomic E-state index is -3.91. The van der Waals surface area contributed by atoms with Gasteiger partial charge in [-0.1, -0.05) is 29.8 Å². The molecule has 2 aromatic carbocycles. The highest BCUT2D eigenvalue weighted by atomic mass is 79.9. The molecule has 1 unspecified atom stereocenters. The Hall–Kier alpha value is -1.34. The standard InChI is InChI=1S/C16H12BrClO4S/c1-16(19)14(23(20,21)12-5-3-2-4-6-12)8-10-7-11(18)9-13(17)15(10)22-16/h2-9,19H,1H3. The molecule has 0 aromatic heterocycles. The molecule has 0 aliphatic carbocycles. The third-order valence-corrected chi connectivity index (χ3v) is 6.20. The highest BCUT2D eigenvalue weighted by Gasteiger charge is 2.42. The lowest BCUT2D eigenvalue weighted by Crippen LogP contribution is -2.39. The van der Waals surface area contributed by atoms with Gasteiger partial charge in [0.25, 0.3) is 0 Å². The molecule has 120 valence electrons. The minimum absolute atomic E-state index is 0.0830. The number of rotatable bonds is 2. The first-order chi connectivity index (χ1) is 10.7. The zero-order valence-corrected chi connectivity index (χ0v) is 15.1. The maximum absolute atomic E-state index is 12.8. The Morgan fingerprint density at radius 2 is 1.87 bits per heavy atom. The molecule has 0 radical (unpaired) electrons. The number of sulfone groups is 1. The molecule has 0 amide bonds. The van der Waals surface area contributed by atoms with Gasteiger partial charge in [0.05, 0.1) is 9.37 Å². The van der Waals surface area contributed by atoms with Crippen LogP contribution in [0.3, 0.4) is 0 Å². The summed E-state index contributed by atoms with van der Waals surface area (Å²) < 4.78 is 31.7. The smallest absolute Gasteiger partial charge is 0.243 e. The molecule has 0 bridgehead atoms. The molecular formula is C16H12BrClO4S. The fraction of sp³-hybridized carbons (Fsp3) is 0.125. The van der Waals surface area contributed by atoms with Gasteiger partial charge < -0.3 is 9.84 Å². The molecule has 0 saturated heterocycles. The van der Waals surface area contributed by atoms with Gasteiger partial charge in [0.2, 0.25) is 15.6 Å². The lowest BCUT2D eigenvalue weighted by Gasteiger charge is -2.32. The molecule has 1 atom stereocenters. The van der Waals surface area contributed by atoms with Crippen molar-refractivity contribution < 1.29 is 18.3 Å². The van der Waals surface area contributed by atoms with Crippen molar-refractivity contribution in [2.24, 2.45) is 0 Å². The van der Waals surface area contributed by atoms with Crippen LogP contribution in [0, 0.1) is 0 Å². The van der Waals surface area contributed by atoms with Gasteiger partial charge in [-0.15, -0.1) is 0 Å². The van der Waals surface area contributed by atoms with Crippen LogP contribution < -0.4 is 4.74 Å². The molecule has 1 N–H and O–H groups in total. The average molecular weight is 416 g/mol. The van der Waals surface area contributed by atoms with E-state index in [1.165, 1.54) is 25.1 Å². The van der Waals surface area contributed by atoms with Crippen LogP contribution >= 0.6 is 27.5 Å². The van der Waals surface area contributed by atoms with Crippen LogP contribution in [0.2, 0.25) is 5.02 Å². The van der Waals surface area contributed by atoms with Gasteiger partial charge in [-0.25, -0.2) is 8.42 Å². The fourth-order valence-corrected chi connectivity index (χ4v) is 4.88. The van der Waals surface area contributed by atoms with Crippen LogP contribution in [0.25, 0.3) is 6.08 Å². The third kappa shape index (κ3) is 2.92. The third-order valence-electron chi connectivity index (χ3n) is 3.42. The van der Waals surface area contributed by atoms with Gasteiger partial charge in [-0.3, -0.25) is 0 Å². The van der Waals surface area contributed by atoms with E-state index >= 15 is 0 Å². The predicted octanol–water partition coefficient (Wildman–Crippen LogP) is 4.02. The van der Waals surface area contributed by atoms with Crippen LogP contribution in [-0.4, -0.2) is 19.3 Å². The van der Waals surface area contributed by atoms with Crippen LogP contribution in [0.5, 0.6) is 5.75 Å². The number of benzene rings is 2. The van der Waals surface area contributed by atoms with Crippen molar-refractivity contribution in [1.82, 2.24) is 0 Å². The monoisotopic (exact) mass is 414 g/mol. The van der Waals surface area contributed by atoms with Crippen molar-refractivity contribution in [2.75, 3.05) is 0 Å². The highest BCUT2D eigenvalue weighted by molar-refractivity contribution is 9.10. The van der Waals surface area contributed by atoms with Crippen molar-refractivity contribution in [3.63, 3.8) is 0 Å². The van der Waals surface area contributed by atoms with Gasteiger partial charge in [-0.2, -0.15) is 0 Å².